The van der Waals surface area contributed by atoms with Gasteiger partial charge in [0.1, 0.15) is 5.78 Å². The highest BCUT2D eigenvalue weighted by Gasteiger charge is 2.33. The second-order valence-corrected chi connectivity index (χ2v) is 7.48. The van der Waals surface area contributed by atoms with Crippen molar-refractivity contribution in [1.29, 1.82) is 0 Å². The second kappa shape index (κ2) is 5.91. The van der Waals surface area contributed by atoms with E-state index in [1.165, 1.54) is 11.3 Å². The fraction of sp³-hybridized carbons (Fsp3) is 0.647. The quantitative estimate of drug-likeness (QED) is 0.781. The van der Waals surface area contributed by atoms with Gasteiger partial charge < -0.3 is 4.74 Å². The zero-order valence-electron chi connectivity index (χ0n) is 12.7. The molecule has 2 aliphatic rings. The van der Waals surface area contributed by atoms with Crippen molar-refractivity contribution in [2.45, 2.75) is 52.4 Å². The molecule has 1 unspecified atom stereocenters. The van der Waals surface area contributed by atoms with E-state index in [1.54, 1.807) is 11.3 Å². The minimum Gasteiger partial charge on any atom is -0.462 e. The van der Waals surface area contributed by atoms with E-state index in [2.05, 4.69) is 6.92 Å². The molecule has 0 aromatic carbocycles. The number of hydrogen-bond acceptors (Lipinski definition) is 4. The second-order valence-electron chi connectivity index (χ2n) is 6.29. The van der Waals surface area contributed by atoms with E-state index in [9.17, 15) is 9.59 Å². The van der Waals surface area contributed by atoms with Gasteiger partial charge in [-0.05, 0) is 50.5 Å². The van der Waals surface area contributed by atoms with Gasteiger partial charge in [-0.25, -0.2) is 4.79 Å². The molecule has 21 heavy (non-hydrogen) atoms. The number of carbonyl (C=O) groups is 2. The molecular weight excluding hydrogens is 284 g/mol. The molecule has 0 saturated heterocycles. The summed E-state index contributed by atoms with van der Waals surface area (Å²) in [4.78, 5) is 26.7. The molecule has 4 heteroatoms. The molecule has 1 atom stereocenters. The minimum atomic E-state index is -0.234. The summed E-state index contributed by atoms with van der Waals surface area (Å²) < 4.78 is 5.24. The summed E-state index contributed by atoms with van der Waals surface area (Å²) in [5.41, 5.74) is 1.88. The predicted molar refractivity (Wildman–Crippen MR) is 82.9 cm³/mol. The van der Waals surface area contributed by atoms with E-state index in [-0.39, 0.29) is 11.9 Å². The van der Waals surface area contributed by atoms with Crippen molar-refractivity contribution in [2.75, 3.05) is 6.61 Å². The third-order valence-electron chi connectivity index (χ3n) is 4.43. The Morgan fingerprint density at radius 3 is 2.71 bits per heavy atom. The van der Waals surface area contributed by atoms with E-state index in [1.807, 2.05) is 6.92 Å². The van der Waals surface area contributed by atoms with Crippen LogP contribution >= 0.6 is 11.3 Å². The summed E-state index contributed by atoms with van der Waals surface area (Å²) in [6, 6.07) is 0. The van der Waals surface area contributed by atoms with Crippen LogP contribution in [-0.2, 0) is 28.8 Å². The van der Waals surface area contributed by atoms with E-state index in [0.717, 1.165) is 41.7 Å². The molecule has 1 heterocycles. The van der Waals surface area contributed by atoms with Gasteiger partial charge in [0.05, 0.1) is 12.2 Å². The number of aryl methyl sites for hydroxylation is 1. The van der Waals surface area contributed by atoms with Gasteiger partial charge in [0, 0.05) is 22.1 Å². The normalized spacial score (nSPS) is 21.0. The highest BCUT2D eigenvalue weighted by Crippen LogP contribution is 2.39. The zero-order chi connectivity index (χ0) is 15.0. The van der Waals surface area contributed by atoms with Crippen molar-refractivity contribution < 1.29 is 14.3 Å². The van der Waals surface area contributed by atoms with Crippen LogP contribution in [0.3, 0.4) is 0 Å². The standard InChI is InChI=1S/C17H22O3S/c1-3-20-17(19)16-12-8-10(2)4-7-14(12)21-15(16)9-13(18)11-5-6-11/h10-11H,3-9H2,1-2H3. The van der Waals surface area contributed by atoms with Crippen LogP contribution in [0, 0.1) is 11.8 Å². The van der Waals surface area contributed by atoms with Gasteiger partial charge in [-0.2, -0.15) is 0 Å². The van der Waals surface area contributed by atoms with Crippen molar-refractivity contribution in [3.05, 3.63) is 20.9 Å². The monoisotopic (exact) mass is 306 g/mol. The molecule has 0 bridgehead atoms. The number of ketones is 1. The Labute approximate surface area is 129 Å². The van der Waals surface area contributed by atoms with Gasteiger partial charge in [0.2, 0.25) is 0 Å². The molecule has 1 aromatic rings. The molecule has 0 aliphatic heterocycles. The van der Waals surface area contributed by atoms with Gasteiger partial charge in [0.25, 0.3) is 0 Å². The largest absolute Gasteiger partial charge is 0.462 e. The van der Waals surface area contributed by atoms with Crippen LogP contribution in [0.1, 0.15) is 58.8 Å². The number of ether oxygens (including phenoxy) is 1. The first-order valence-electron chi connectivity index (χ1n) is 7.93. The van der Waals surface area contributed by atoms with Crippen LogP contribution in [0.4, 0.5) is 0 Å². The first-order chi connectivity index (χ1) is 10.1. The summed E-state index contributed by atoms with van der Waals surface area (Å²) in [7, 11) is 0. The fourth-order valence-corrected chi connectivity index (χ4v) is 4.44. The van der Waals surface area contributed by atoms with Crippen molar-refractivity contribution in [1.82, 2.24) is 0 Å². The lowest BCUT2D eigenvalue weighted by atomic mass is 9.87. The van der Waals surface area contributed by atoms with Crippen LogP contribution in [0.15, 0.2) is 0 Å². The Balaban J connectivity index is 1.93. The minimum absolute atomic E-state index is 0.234. The lowest BCUT2D eigenvalue weighted by Gasteiger charge is -2.18. The molecular formula is C17H22O3S. The first-order valence-corrected chi connectivity index (χ1v) is 8.75. The van der Waals surface area contributed by atoms with Crippen molar-refractivity contribution in [2.24, 2.45) is 11.8 Å². The van der Waals surface area contributed by atoms with Gasteiger partial charge in [-0.15, -0.1) is 11.3 Å². The summed E-state index contributed by atoms with van der Waals surface area (Å²) in [5.74, 6) is 0.917. The summed E-state index contributed by atoms with van der Waals surface area (Å²) >= 11 is 1.67. The van der Waals surface area contributed by atoms with E-state index in [4.69, 9.17) is 4.74 Å². The van der Waals surface area contributed by atoms with Gasteiger partial charge in [-0.1, -0.05) is 6.92 Å². The molecule has 3 nitrogen and oxygen atoms in total. The maximum Gasteiger partial charge on any atom is 0.339 e. The summed E-state index contributed by atoms with van der Waals surface area (Å²) in [6.45, 7) is 4.44. The Kier molecular flexibility index (Phi) is 4.16. The lowest BCUT2D eigenvalue weighted by molar-refractivity contribution is -0.119. The number of carbonyl (C=O) groups excluding carboxylic acids is 2. The maximum absolute atomic E-state index is 12.3. The fourth-order valence-electron chi connectivity index (χ4n) is 3.09. The highest BCUT2D eigenvalue weighted by molar-refractivity contribution is 7.12. The first kappa shape index (κ1) is 14.8. The Morgan fingerprint density at radius 1 is 1.29 bits per heavy atom. The van der Waals surface area contributed by atoms with Crippen LogP contribution in [0.2, 0.25) is 0 Å². The average molecular weight is 306 g/mol. The van der Waals surface area contributed by atoms with Crippen molar-refractivity contribution >= 4 is 23.1 Å². The number of esters is 1. The van der Waals surface area contributed by atoms with E-state index in [0.29, 0.717) is 24.7 Å². The van der Waals surface area contributed by atoms with Crippen LogP contribution in [0.5, 0.6) is 0 Å². The van der Waals surface area contributed by atoms with E-state index >= 15 is 0 Å². The van der Waals surface area contributed by atoms with E-state index < -0.39 is 0 Å². The number of fused-ring (bicyclic) bond motifs is 1. The Morgan fingerprint density at radius 2 is 2.05 bits per heavy atom. The number of thiophene rings is 1. The SMILES string of the molecule is CCOC(=O)c1c(CC(=O)C2CC2)sc2c1CC(C)CC2. The number of Topliss-reactive ketones (excluding diaryl/α,β-unsaturated/α-hetero) is 1. The molecule has 114 valence electrons. The molecule has 0 amide bonds. The third kappa shape index (κ3) is 3.05. The zero-order valence-corrected chi connectivity index (χ0v) is 13.6. The van der Waals surface area contributed by atoms with Crippen molar-refractivity contribution in [3.8, 4) is 0 Å². The molecule has 1 fully saturated rings. The highest BCUT2D eigenvalue weighted by atomic mass is 32.1. The Bertz CT molecular complexity index is 569. The van der Waals surface area contributed by atoms with Gasteiger partial charge in [0.15, 0.2) is 0 Å². The smallest absolute Gasteiger partial charge is 0.339 e. The molecule has 0 radical (unpaired) electrons. The van der Waals surface area contributed by atoms with Crippen LogP contribution in [0.25, 0.3) is 0 Å². The molecule has 2 aliphatic carbocycles. The number of rotatable bonds is 5. The molecule has 0 N–H and O–H groups in total. The number of hydrogen-bond donors (Lipinski definition) is 0. The average Bonchev–Trinajstić information content (AvgIpc) is 3.22. The Hall–Kier alpha value is -1.16. The summed E-state index contributed by atoms with van der Waals surface area (Å²) in [6.07, 6.45) is 5.62. The molecule has 1 aromatic heterocycles. The summed E-state index contributed by atoms with van der Waals surface area (Å²) in [5, 5.41) is 0. The third-order valence-corrected chi connectivity index (χ3v) is 5.72. The lowest BCUT2D eigenvalue weighted by Crippen LogP contribution is -2.15. The maximum atomic E-state index is 12.3. The molecule has 3 rings (SSSR count). The molecule has 1 saturated carbocycles. The predicted octanol–water partition coefficient (Wildman–Crippen LogP) is 3.57. The molecule has 0 spiro atoms. The van der Waals surface area contributed by atoms with Gasteiger partial charge >= 0.3 is 5.97 Å². The van der Waals surface area contributed by atoms with Crippen LogP contribution < -0.4 is 0 Å². The van der Waals surface area contributed by atoms with Crippen LogP contribution in [-0.4, -0.2) is 18.4 Å². The van der Waals surface area contributed by atoms with Crippen molar-refractivity contribution in [3.63, 3.8) is 0 Å². The van der Waals surface area contributed by atoms with Gasteiger partial charge in [-0.3, -0.25) is 4.79 Å². The topological polar surface area (TPSA) is 43.4 Å².